The summed E-state index contributed by atoms with van der Waals surface area (Å²) in [5.74, 6) is -1.70. The zero-order valence-electron chi connectivity index (χ0n) is 11.0. The van der Waals surface area contributed by atoms with Gasteiger partial charge in [-0.25, -0.2) is 0 Å². The van der Waals surface area contributed by atoms with Crippen molar-refractivity contribution < 1.29 is 19.1 Å². The number of carbonyl (C=O) groups excluding carboxylic acids is 2. The van der Waals surface area contributed by atoms with Crippen LogP contribution in [0.5, 0.6) is 0 Å². The fraction of sp³-hybridized carbons (Fsp3) is 0. The van der Waals surface area contributed by atoms with Gasteiger partial charge in [0, 0.05) is 22.2 Å². The summed E-state index contributed by atoms with van der Waals surface area (Å²) in [5.41, 5.74) is 5.06. The van der Waals surface area contributed by atoms with Crippen LogP contribution in [0.15, 0.2) is 40.3 Å². The van der Waals surface area contributed by atoms with Crippen LogP contribution in [0.1, 0.15) is 16.1 Å². The minimum atomic E-state index is -1.40. The Bertz CT molecular complexity index is 830. The van der Waals surface area contributed by atoms with Gasteiger partial charge >= 0.3 is 0 Å². The molecule has 2 N–H and O–H groups in total. The van der Waals surface area contributed by atoms with Gasteiger partial charge in [0.1, 0.15) is 23.2 Å². The van der Waals surface area contributed by atoms with Gasteiger partial charge in [-0.1, -0.05) is 11.6 Å². The molecule has 0 aliphatic carbocycles. The summed E-state index contributed by atoms with van der Waals surface area (Å²) in [6.07, 6.45) is 1.20. The summed E-state index contributed by atoms with van der Waals surface area (Å²) in [6, 6.07) is 9.02. The molecular weight excluding hydrogens is 308 g/mol. The number of aromatic carboxylic acids is 1. The molecule has 0 spiro atoms. The Labute approximate surface area is 130 Å². The van der Waals surface area contributed by atoms with Crippen molar-refractivity contribution >= 4 is 29.6 Å². The van der Waals surface area contributed by atoms with Crippen LogP contribution >= 0.6 is 11.6 Å². The third-order valence-corrected chi connectivity index (χ3v) is 3.10. The third kappa shape index (κ3) is 3.16. The monoisotopic (exact) mass is 315 g/mol. The minimum absolute atomic E-state index is 0.0518. The van der Waals surface area contributed by atoms with Crippen LogP contribution in [0.4, 0.5) is 0 Å². The van der Waals surface area contributed by atoms with Crippen LogP contribution in [0.25, 0.3) is 17.4 Å². The molecule has 0 saturated carbocycles. The lowest BCUT2D eigenvalue weighted by Gasteiger charge is -2.06. The first-order chi connectivity index (χ1) is 10.4. The highest BCUT2D eigenvalue weighted by Gasteiger charge is 2.10. The Morgan fingerprint density at radius 2 is 2.05 bits per heavy atom. The molecule has 22 heavy (non-hydrogen) atoms. The highest BCUT2D eigenvalue weighted by molar-refractivity contribution is 6.33. The summed E-state index contributed by atoms with van der Waals surface area (Å²) in [5, 5.41) is 19.8. The van der Waals surface area contributed by atoms with Crippen molar-refractivity contribution in [2.75, 3.05) is 0 Å². The van der Waals surface area contributed by atoms with Crippen molar-refractivity contribution in [2.24, 2.45) is 5.73 Å². The molecule has 0 bridgehead atoms. The molecule has 0 aliphatic heterocycles. The lowest BCUT2D eigenvalue weighted by molar-refractivity contribution is -0.255. The standard InChI is InChI=1S/C15H9ClN2O4/c16-12-3-1-8(6-11(12)15(20)21)13-4-2-10(22-13)5-9(7-17)14(18)19/h1-6H,(H2,18,19)(H,20,21)/p-1/b9-5+. The Kier molecular flexibility index (Phi) is 4.30. The first-order valence-corrected chi connectivity index (χ1v) is 6.33. The Balaban J connectivity index is 2.41. The van der Waals surface area contributed by atoms with Crippen molar-refractivity contribution in [2.45, 2.75) is 0 Å². The van der Waals surface area contributed by atoms with E-state index in [1.165, 1.54) is 24.3 Å². The first kappa shape index (κ1) is 15.4. The molecule has 6 nitrogen and oxygen atoms in total. The van der Waals surface area contributed by atoms with Gasteiger partial charge in [0.2, 0.25) is 0 Å². The van der Waals surface area contributed by atoms with Crippen LogP contribution < -0.4 is 10.8 Å². The second-order valence-corrected chi connectivity index (χ2v) is 4.63. The molecule has 7 heteroatoms. The van der Waals surface area contributed by atoms with E-state index < -0.39 is 11.9 Å². The van der Waals surface area contributed by atoms with E-state index in [1.54, 1.807) is 18.2 Å². The number of benzene rings is 1. The van der Waals surface area contributed by atoms with Crippen molar-refractivity contribution in [1.29, 1.82) is 5.26 Å². The fourth-order valence-electron chi connectivity index (χ4n) is 1.72. The molecule has 0 unspecified atom stereocenters. The summed E-state index contributed by atoms with van der Waals surface area (Å²) in [7, 11) is 0. The van der Waals surface area contributed by atoms with Crippen LogP contribution in [-0.2, 0) is 4.79 Å². The normalized spacial score (nSPS) is 11.0. The van der Waals surface area contributed by atoms with Crippen molar-refractivity contribution in [3.8, 4) is 17.4 Å². The van der Waals surface area contributed by atoms with E-state index in [2.05, 4.69) is 0 Å². The number of nitrogens with zero attached hydrogens (tertiary/aromatic N) is 1. The number of hydrogen-bond acceptors (Lipinski definition) is 5. The number of carboxylic acids is 1. The van der Waals surface area contributed by atoms with Crippen molar-refractivity contribution in [3.05, 3.63) is 52.3 Å². The predicted octanol–water partition coefficient (Wildman–Crippen LogP) is 1.36. The Hall–Kier alpha value is -3.04. The second-order valence-electron chi connectivity index (χ2n) is 4.22. The maximum Gasteiger partial charge on any atom is 0.259 e. The summed E-state index contributed by atoms with van der Waals surface area (Å²) in [4.78, 5) is 21.9. The predicted molar refractivity (Wildman–Crippen MR) is 76.3 cm³/mol. The highest BCUT2D eigenvalue weighted by atomic mass is 35.5. The Morgan fingerprint density at radius 3 is 2.64 bits per heavy atom. The van der Waals surface area contributed by atoms with E-state index in [-0.39, 0.29) is 21.9 Å². The maximum absolute atomic E-state index is 11.0. The summed E-state index contributed by atoms with van der Waals surface area (Å²) >= 11 is 5.76. The van der Waals surface area contributed by atoms with Gasteiger partial charge in [-0.3, -0.25) is 4.79 Å². The zero-order chi connectivity index (χ0) is 16.3. The minimum Gasteiger partial charge on any atom is -0.545 e. The topological polar surface area (TPSA) is 120 Å². The molecule has 1 aromatic carbocycles. The van der Waals surface area contributed by atoms with Crippen LogP contribution in [0.2, 0.25) is 5.02 Å². The van der Waals surface area contributed by atoms with Gasteiger partial charge in [0.25, 0.3) is 5.91 Å². The van der Waals surface area contributed by atoms with E-state index in [0.29, 0.717) is 11.3 Å². The van der Waals surface area contributed by atoms with Gasteiger partial charge in [-0.05, 0) is 30.3 Å². The SMILES string of the molecule is N#C/C(=C\c1ccc(-c2ccc(Cl)c(C(=O)[O-])c2)o1)C(N)=O. The number of nitriles is 1. The van der Waals surface area contributed by atoms with Crippen molar-refractivity contribution in [3.63, 3.8) is 0 Å². The van der Waals surface area contributed by atoms with Gasteiger partial charge in [0.15, 0.2) is 0 Å². The van der Waals surface area contributed by atoms with E-state index in [4.69, 9.17) is 27.0 Å². The molecule has 110 valence electrons. The molecule has 1 heterocycles. The summed E-state index contributed by atoms with van der Waals surface area (Å²) < 4.78 is 5.44. The number of carbonyl (C=O) groups is 2. The number of nitrogens with two attached hydrogens (primary N) is 1. The lowest BCUT2D eigenvalue weighted by atomic mass is 10.1. The largest absolute Gasteiger partial charge is 0.545 e. The molecule has 1 amide bonds. The van der Waals surface area contributed by atoms with Gasteiger partial charge in [-0.2, -0.15) is 5.26 Å². The summed E-state index contributed by atoms with van der Waals surface area (Å²) in [6.45, 7) is 0. The highest BCUT2D eigenvalue weighted by Crippen LogP contribution is 2.27. The molecule has 2 rings (SSSR count). The quantitative estimate of drug-likeness (QED) is 0.674. The number of primary amides is 1. The molecule has 0 atom stereocenters. The maximum atomic E-state index is 11.0. The molecule has 0 saturated heterocycles. The molecule has 0 fully saturated rings. The molecule has 0 radical (unpaired) electrons. The number of hydrogen-bond donors (Lipinski definition) is 1. The van der Waals surface area contributed by atoms with Gasteiger partial charge in [0.05, 0.1) is 5.97 Å². The fourth-order valence-corrected chi connectivity index (χ4v) is 1.92. The Morgan fingerprint density at radius 1 is 1.32 bits per heavy atom. The van der Waals surface area contributed by atoms with E-state index in [1.807, 2.05) is 0 Å². The second kappa shape index (κ2) is 6.16. The van der Waals surface area contributed by atoms with Crippen LogP contribution in [0, 0.1) is 11.3 Å². The molecular formula is C15H8ClN2O4-. The van der Waals surface area contributed by atoms with E-state index >= 15 is 0 Å². The molecule has 2 aromatic rings. The third-order valence-electron chi connectivity index (χ3n) is 2.77. The molecule has 1 aromatic heterocycles. The van der Waals surface area contributed by atoms with Gasteiger partial charge in [-0.15, -0.1) is 0 Å². The van der Waals surface area contributed by atoms with Crippen LogP contribution in [-0.4, -0.2) is 11.9 Å². The number of halogens is 1. The van der Waals surface area contributed by atoms with E-state index in [9.17, 15) is 14.7 Å². The number of amides is 1. The number of carboxylic acid groups (broad SMARTS) is 1. The molecule has 0 aliphatic rings. The van der Waals surface area contributed by atoms with Crippen LogP contribution in [0.3, 0.4) is 0 Å². The number of furan rings is 1. The van der Waals surface area contributed by atoms with Crippen molar-refractivity contribution in [1.82, 2.24) is 0 Å². The van der Waals surface area contributed by atoms with E-state index in [0.717, 1.165) is 0 Å². The first-order valence-electron chi connectivity index (χ1n) is 5.95. The average molecular weight is 316 g/mol. The number of rotatable bonds is 4. The van der Waals surface area contributed by atoms with Gasteiger partial charge < -0.3 is 20.1 Å². The average Bonchev–Trinajstić information content (AvgIpc) is 2.93. The zero-order valence-corrected chi connectivity index (χ0v) is 11.8. The lowest BCUT2D eigenvalue weighted by Crippen LogP contribution is -2.22. The smallest absolute Gasteiger partial charge is 0.259 e.